The molecule has 0 aromatic heterocycles. The zero-order valence-corrected chi connectivity index (χ0v) is 13.6. The highest BCUT2D eigenvalue weighted by atomic mass is 16.2. The Morgan fingerprint density at radius 1 is 1.33 bits per heavy atom. The smallest absolute Gasteiger partial charge is 0.226 e. The van der Waals surface area contributed by atoms with Crippen molar-refractivity contribution in [2.45, 2.75) is 53.1 Å². The van der Waals surface area contributed by atoms with Crippen LogP contribution in [0.4, 0.5) is 0 Å². The van der Waals surface area contributed by atoms with Gasteiger partial charge >= 0.3 is 0 Å². The van der Waals surface area contributed by atoms with Gasteiger partial charge in [-0.15, -0.1) is 0 Å². The number of hydrogen-bond donors (Lipinski definition) is 1. The zero-order valence-electron chi connectivity index (χ0n) is 13.6. The van der Waals surface area contributed by atoms with Crippen LogP contribution < -0.4 is 5.73 Å². The molecule has 0 saturated heterocycles. The third-order valence-corrected chi connectivity index (χ3v) is 4.95. The maximum absolute atomic E-state index is 12.9. The second-order valence-corrected chi connectivity index (χ2v) is 6.76. The Labute approximate surface area is 128 Å². The van der Waals surface area contributed by atoms with Gasteiger partial charge < -0.3 is 10.6 Å². The van der Waals surface area contributed by atoms with Crippen molar-refractivity contribution in [1.82, 2.24) is 4.90 Å². The maximum Gasteiger partial charge on any atom is 0.226 e. The summed E-state index contributed by atoms with van der Waals surface area (Å²) < 4.78 is 0. The van der Waals surface area contributed by atoms with E-state index in [1.807, 2.05) is 23.1 Å². The lowest BCUT2D eigenvalue weighted by Crippen LogP contribution is -2.39. The molecule has 0 aliphatic heterocycles. The van der Waals surface area contributed by atoms with Gasteiger partial charge in [0.25, 0.3) is 0 Å². The Morgan fingerprint density at radius 2 is 2.00 bits per heavy atom. The molecule has 0 spiro atoms. The molecule has 1 aliphatic carbocycles. The van der Waals surface area contributed by atoms with Crippen molar-refractivity contribution >= 4 is 5.91 Å². The molecule has 1 unspecified atom stereocenters. The van der Waals surface area contributed by atoms with Gasteiger partial charge in [-0.2, -0.15) is 0 Å². The predicted molar refractivity (Wildman–Crippen MR) is 86.5 cm³/mol. The summed E-state index contributed by atoms with van der Waals surface area (Å²) in [6.45, 7) is 8.47. The molecule has 1 atom stereocenters. The zero-order chi connectivity index (χ0) is 15.5. The average Bonchev–Trinajstić information content (AvgIpc) is 2.83. The molecule has 1 fully saturated rings. The van der Waals surface area contributed by atoms with Crippen molar-refractivity contribution in [1.29, 1.82) is 0 Å². The van der Waals surface area contributed by atoms with Gasteiger partial charge in [-0.25, -0.2) is 0 Å². The first-order chi connectivity index (χ1) is 9.99. The summed E-state index contributed by atoms with van der Waals surface area (Å²) in [5.41, 5.74) is 8.25. The minimum absolute atomic E-state index is 0.137. The molecule has 0 bridgehead atoms. The minimum Gasteiger partial charge on any atom is -0.338 e. The summed E-state index contributed by atoms with van der Waals surface area (Å²) in [4.78, 5) is 14.9. The second-order valence-electron chi connectivity index (χ2n) is 6.76. The Bertz CT molecular complexity index is 496. The van der Waals surface area contributed by atoms with E-state index in [0.29, 0.717) is 19.0 Å². The highest BCUT2D eigenvalue weighted by Gasteiger charge is 2.40. The molecular formula is C18H28N2O. The third kappa shape index (κ3) is 3.46. The van der Waals surface area contributed by atoms with E-state index in [9.17, 15) is 4.79 Å². The van der Waals surface area contributed by atoms with Crippen molar-refractivity contribution in [2.24, 2.45) is 17.1 Å². The van der Waals surface area contributed by atoms with Crippen LogP contribution in [0.3, 0.4) is 0 Å². The molecule has 0 radical (unpaired) electrons. The molecule has 1 aromatic carbocycles. The van der Waals surface area contributed by atoms with Gasteiger partial charge in [0, 0.05) is 25.6 Å². The SMILES string of the molecule is CCN(Cc1ccccc1CN)C(=O)C1CCCC1(C)C. The number of hydrogen-bond acceptors (Lipinski definition) is 2. The first-order valence-electron chi connectivity index (χ1n) is 8.05. The number of carbonyl (C=O) groups is 1. The second kappa shape index (κ2) is 6.61. The Morgan fingerprint density at radius 3 is 2.52 bits per heavy atom. The number of benzene rings is 1. The largest absolute Gasteiger partial charge is 0.338 e. The van der Waals surface area contributed by atoms with Gasteiger partial charge in [-0.05, 0) is 36.3 Å². The van der Waals surface area contributed by atoms with Crippen LogP contribution in [0.15, 0.2) is 24.3 Å². The highest BCUT2D eigenvalue weighted by Crippen LogP contribution is 2.43. The molecule has 3 nitrogen and oxygen atoms in total. The molecule has 1 aromatic rings. The van der Waals surface area contributed by atoms with Gasteiger partial charge in [0.2, 0.25) is 5.91 Å². The lowest BCUT2D eigenvalue weighted by Gasteiger charge is -2.32. The number of nitrogens with zero attached hydrogens (tertiary/aromatic N) is 1. The molecule has 1 amide bonds. The molecular weight excluding hydrogens is 260 g/mol. The average molecular weight is 288 g/mol. The maximum atomic E-state index is 12.9. The first-order valence-corrected chi connectivity index (χ1v) is 8.05. The van der Waals surface area contributed by atoms with Gasteiger partial charge in [-0.1, -0.05) is 44.5 Å². The molecule has 0 heterocycles. The summed E-state index contributed by atoms with van der Waals surface area (Å²) in [6.07, 6.45) is 3.35. The van der Waals surface area contributed by atoms with Crippen LogP contribution in [-0.2, 0) is 17.9 Å². The predicted octanol–water partition coefficient (Wildman–Crippen LogP) is 3.32. The lowest BCUT2D eigenvalue weighted by molar-refractivity contribution is -0.138. The van der Waals surface area contributed by atoms with Crippen molar-refractivity contribution in [2.75, 3.05) is 6.54 Å². The molecule has 1 saturated carbocycles. The van der Waals surface area contributed by atoms with E-state index in [0.717, 1.165) is 24.9 Å². The summed E-state index contributed by atoms with van der Waals surface area (Å²) >= 11 is 0. The van der Waals surface area contributed by atoms with E-state index in [1.165, 1.54) is 12.0 Å². The topological polar surface area (TPSA) is 46.3 Å². The monoisotopic (exact) mass is 288 g/mol. The van der Waals surface area contributed by atoms with Crippen LogP contribution in [0.2, 0.25) is 0 Å². The van der Waals surface area contributed by atoms with Gasteiger partial charge in [0.15, 0.2) is 0 Å². The molecule has 21 heavy (non-hydrogen) atoms. The van der Waals surface area contributed by atoms with Crippen LogP contribution in [0.1, 0.15) is 51.2 Å². The summed E-state index contributed by atoms with van der Waals surface area (Å²) in [7, 11) is 0. The Kier molecular flexibility index (Phi) is 5.04. The molecule has 116 valence electrons. The number of nitrogens with two attached hydrogens (primary N) is 1. The van der Waals surface area contributed by atoms with E-state index in [-0.39, 0.29) is 11.3 Å². The van der Waals surface area contributed by atoms with Crippen molar-refractivity contribution in [3.05, 3.63) is 35.4 Å². The first kappa shape index (κ1) is 16.0. The van der Waals surface area contributed by atoms with Crippen molar-refractivity contribution < 1.29 is 4.79 Å². The van der Waals surface area contributed by atoms with Crippen LogP contribution in [0, 0.1) is 11.3 Å². The summed E-state index contributed by atoms with van der Waals surface area (Å²) in [5, 5.41) is 0. The van der Waals surface area contributed by atoms with Crippen molar-refractivity contribution in [3.63, 3.8) is 0 Å². The number of rotatable bonds is 5. The lowest BCUT2D eigenvalue weighted by atomic mass is 9.81. The van der Waals surface area contributed by atoms with Crippen LogP contribution >= 0.6 is 0 Å². The minimum atomic E-state index is 0.137. The van der Waals surface area contributed by atoms with Crippen molar-refractivity contribution in [3.8, 4) is 0 Å². The highest BCUT2D eigenvalue weighted by molar-refractivity contribution is 5.80. The molecule has 2 N–H and O–H groups in total. The standard InChI is InChI=1S/C18H28N2O/c1-4-20(13-15-9-6-5-8-14(15)12-19)17(21)16-10-7-11-18(16,2)3/h5-6,8-9,16H,4,7,10-13,19H2,1-3H3. The quantitative estimate of drug-likeness (QED) is 0.903. The van der Waals surface area contributed by atoms with Gasteiger partial charge in [-0.3, -0.25) is 4.79 Å². The number of amides is 1. The number of carbonyl (C=O) groups excluding carboxylic acids is 1. The summed E-state index contributed by atoms with van der Waals surface area (Å²) in [5.74, 6) is 0.481. The van der Waals surface area contributed by atoms with E-state index in [1.54, 1.807) is 0 Å². The molecule has 1 aliphatic rings. The van der Waals surface area contributed by atoms with Crippen LogP contribution in [0.5, 0.6) is 0 Å². The van der Waals surface area contributed by atoms with E-state index >= 15 is 0 Å². The van der Waals surface area contributed by atoms with E-state index < -0.39 is 0 Å². The van der Waals surface area contributed by atoms with E-state index in [4.69, 9.17) is 5.73 Å². The fourth-order valence-corrected chi connectivity index (χ4v) is 3.47. The molecule has 2 rings (SSSR count). The fourth-order valence-electron chi connectivity index (χ4n) is 3.47. The summed E-state index contributed by atoms with van der Waals surface area (Å²) in [6, 6.07) is 8.15. The van der Waals surface area contributed by atoms with Crippen LogP contribution in [0.25, 0.3) is 0 Å². The van der Waals surface area contributed by atoms with Gasteiger partial charge in [0.1, 0.15) is 0 Å². The molecule has 3 heteroatoms. The third-order valence-electron chi connectivity index (χ3n) is 4.95. The normalized spacial score (nSPS) is 20.5. The van der Waals surface area contributed by atoms with E-state index in [2.05, 4.69) is 26.8 Å². The van der Waals surface area contributed by atoms with Gasteiger partial charge in [0.05, 0.1) is 0 Å². The Balaban J connectivity index is 2.14. The Hall–Kier alpha value is -1.35. The van der Waals surface area contributed by atoms with Crippen LogP contribution in [-0.4, -0.2) is 17.4 Å². The fraction of sp³-hybridized carbons (Fsp3) is 0.611.